The highest BCUT2D eigenvalue weighted by atomic mass is 79.9. The van der Waals surface area contributed by atoms with Gasteiger partial charge >= 0.3 is 5.97 Å². The number of carbonyl (C=O) groups excluding carboxylic acids is 1. The van der Waals surface area contributed by atoms with Crippen LogP contribution in [-0.4, -0.2) is 18.1 Å². The van der Waals surface area contributed by atoms with Gasteiger partial charge in [0.2, 0.25) is 0 Å². The highest BCUT2D eigenvalue weighted by molar-refractivity contribution is 9.10. The monoisotopic (exact) mass is 240 g/mol. The van der Waals surface area contributed by atoms with Crippen LogP contribution in [0.25, 0.3) is 0 Å². The van der Waals surface area contributed by atoms with Gasteiger partial charge in [-0.1, -0.05) is 0 Å². The fraction of sp³-hybridized carbons (Fsp3) is 0.125. The van der Waals surface area contributed by atoms with E-state index in [2.05, 4.69) is 25.7 Å². The van der Waals surface area contributed by atoms with Crippen molar-refractivity contribution >= 4 is 21.9 Å². The first kappa shape index (κ1) is 9.68. The predicted molar refractivity (Wildman–Crippen MR) is 48.0 cm³/mol. The van der Waals surface area contributed by atoms with E-state index in [1.165, 1.54) is 13.2 Å². The van der Waals surface area contributed by atoms with Gasteiger partial charge < -0.3 is 4.74 Å². The van der Waals surface area contributed by atoms with E-state index < -0.39 is 5.97 Å². The molecule has 0 spiro atoms. The highest BCUT2D eigenvalue weighted by Gasteiger charge is 2.12. The number of nitrogens with zero attached hydrogens (tertiary/aromatic N) is 2. The van der Waals surface area contributed by atoms with Gasteiger partial charge in [0.05, 0.1) is 12.7 Å². The maximum atomic E-state index is 11.1. The van der Waals surface area contributed by atoms with Crippen LogP contribution in [0, 0.1) is 11.3 Å². The molecule has 0 fully saturated rings. The summed E-state index contributed by atoms with van der Waals surface area (Å²) < 4.78 is 4.98. The lowest BCUT2D eigenvalue weighted by molar-refractivity contribution is 0.0600. The van der Waals surface area contributed by atoms with Gasteiger partial charge in [0, 0.05) is 0 Å². The molecule has 4 nitrogen and oxygen atoms in total. The minimum absolute atomic E-state index is 0.0567. The number of ether oxygens (including phenoxy) is 1. The smallest absolute Gasteiger partial charge is 0.340 e. The molecule has 0 bridgehead atoms. The zero-order valence-corrected chi connectivity index (χ0v) is 8.33. The molecule has 0 unspecified atom stereocenters. The number of hydrogen-bond acceptors (Lipinski definition) is 4. The molecule has 0 aromatic carbocycles. The Kier molecular flexibility index (Phi) is 2.98. The van der Waals surface area contributed by atoms with Crippen LogP contribution in [-0.2, 0) is 4.74 Å². The summed E-state index contributed by atoms with van der Waals surface area (Å²) in [7, 11) is 1.26. The van der Waals surface area contributed by atoms with Crippen molar-refractivity contribution in [3.8, 4) is 6.07 Å². The third kappa shape index (κ3) is 2.04. The number of nitriles is 1. The number of pyridine rings is 1. The van der Waals surface area contributed by atoms with Gasteiger partial charge in [-0.2, -0.15) is 5.26 Å². The first-order valence-electron chi connectivity index (χ1n) is 3.34. The van der Waals surface area contributed by atoms with Gasteiger partial charge in [-0.25, -0.2) is 9.78 Å². The summed E-state index contributed by atoms with van der Waals surface area (Å²) in [5.74, 6) is -0.559. The molecule has 0 aliphatic carbocycles. The van der Waals surface area contributed by atoms with E-state index in [0.29, 0.717) is 4.60 Å². The molecule has 5 heteroatoms. The summed E-state index contributed by atoms with van der Waals surface area (Å²) >= 11 is 3.09. The minimum Gasteiger partial charge on any atom is -0.465 e. The molecular formula is C8H5BrN2O2. The van der Waals surface area contributed by atoms with Crippen LogP contribution in [0.1, 0.15) is 16.1 Å². The lowest BCUT2D eigenvalue weighted by atomic mass is 10.2. The van der Waals surface area contributed by atoms with Crippen LogP contribution in [0.4, 0.5) is 0 Å². The average molecular weight is 241 g/mol. The van der Waals surface area contributed by atoms with E-state index in [1.807, 2.05) is 6.07 Å². The molecule has 1 aromatic rings. The number of halogens is 1. The lowest BCUT2D eigenvalue weighted by Crippen LogP contribution is -2.05. The Morgan fingerprint density at radius 2 is 2.38 bits per heavy atom. The molecule has 0 saturated carbocycles. The second-order valence-electron chi connectivity index (χ2n) is 2.13. The van der Waals surface area contributed by atoms with Crippen LogP contribution in [0.5, 0.6) is 0 Å². The van der Waals surface area contributed by atoms with Gasteiger partial charge in [0.15, 0.2) is 5.69 Å². The third-order valence-electron chi connectivity index (χ3n) is 1.37. The first-order chi connectivity index (χ1) is 6.19. The van der Waals surface area contributed by atoms with E-state index in [4.69, 9.17) is 5.26 Å². The standard InChI is InChI=1S/C8H5BrN2O2/c1-13-8(12)5-2-3-7(9)11-6(5)4-10/h2-3H,1H3. The zero-order chi connectivity index (χ0) is 9.84. The van der Waals surface area contributed by atoms with E-state index in [-0.39, 0.29) is 11.3 Å². The van der Waals surface area contributed by atoms with Gasteiger partial charge in [-0.05, 0) is 28.1 Å². The number of hydrogen-bond donors (Lipinski definition) is 0. The summed E-state index contributed by atoms with van der Waals surface area (Å²) in [6, 6.07) is 4.87. The second-order valence-corrected chi connectivity index (χ2v) is 2.95. The maximum absolute atomic E-state index is 11.1. The van der Waals surface area contributed by atoms with Crippen molar-refractivity contribution < 1.29 is 9.53 Å². The molecule has 0 aliphatic heterocycles. The summed E-state index contributed by atoms with van der Waals surface area (Å²) in [4.78, 5) is 14.9. The number of methoxy groups -OCH3 is 1. The number of esters is 1. The van der Waals surface area contributed by atoms with E-state index in [0.717, 1.165) is 0 Å². The summed E-state index contributed by atoms with van der Waals surface area (Å²) in [6.07, 6.45) is 0. The highest BCUT2D eigenvalue weighted by Crippen LogP contribution is 2.12. The maximum Gasteiger partial charge on any atom is 0.340 e. The van der Waals surface area contributed by atoms with Crippen molar-refractivity contribution in [1.82, 2.24) is 4.98 Å². The van der Waals surface area contributed by atoms with Gasteiger partial charge in [-0.15, -0.1) is 0 Å². The van der Waals surface area contributed by atoms with Crippen LogP contribution in [0.3, 0.4) is 0 Å². The van der Waals surface area contributed by atoms with Gasteiger partial charge in [0.25, 0.3) is 0 Å². The van der Waals surface area contributed by atoms with Crippen LogP contribution in [0.2, 0.25) is 0 Å². The molecule has 0 saturated heterocycles. The van der Waals surface area contributed by atoms with Crippen LogP contribution >= 0.6 is 15.9 Å². The van der Waals surface area contributed by atoms with Crippen molar-refractivity contribution in [3.05, 3.63) is 28.0 Å². The quantitative estimate of drug-likeness (QED) is 0.552. The third-order valence-corrected chi connectivity index (χ3v) is 1.81. The normalized spacial score (nSPS) is 9.00. The van der Waals surface area contributed by atoms with Gasteiger partial charge in [0.1, 0.15) is 10.7 Å². The Balaban J connectivity index is 3.23. The van der Waals surface area contributed by atoms with Crippen molar-refractivity contribution in [2.24, 2.45) is 0 Å². The number of rotatable bonds is 1. The topological polar surface area (TPSA) is 63.0 Å². The molecule has 0 amide bonds. The summed E-state index contributed by atoms with van der Waals surface area (Å²) in [5.41, 5.74) is 0.231. The predicted octanol–water partition coefficient (Wildman–Crippen LogP) is 1.50. The Labute approximate surface area is 83.3 Å². The van der Waals surface area contributed by atoms with Crippen molar-refractivity contribution in [1.29, 1.82) is 5.26 Å². The molecule has 66 valence electrons. The Morgan fingerprint density at radius 1 is 1.69 bits per heavy atom. The number of carbonyl (C=O) groups is 1. The average Bonchev–Trinajstić information content (AvgIpc) is 2.16. The summed E-state index contributed by atoms with van der Waals surface area (Å²) in [5, 5.41) is 8.65. The lowest BCUT2D eigenvalue weighted by Gasteiger charge is -2.00. The molecule has 1 aromatic heterocycles. The van der Waals surface area contributed by atoms with E-state index in [9.17, 15) is 4.79 Å². The first-order valence-corrected chi connectivity index (χ1v) is 4.13. The van der Waals surface area contributed by atoms with E-state index in [1.54, 1.807) is 6.07 Å². The molecule has 13 heavy (non-hydrogen) atoms. The SMILES string of the molecule is COC(=O)c1ccc(Br)nc1C#N. The fourth-order valence-corrected chi connectivity index (χ4v) is 1.10. The Hall–Kier alpha value is -1.41. The molecule has 0 radical (unpaired) electrons. The van der Waals surface area contributed by atoms with E-state index >= 15 is 0 Å². The molecule has 1 rings (SSSR count). The van der Waals surface area contributed by atoms with Crippen molar-refractivity contribution in [2.75, 3.05) is 7.11 Å². The number of aromatic nitrogens is 1. The summed E-state index contributed by atoms with van der Waals surface area (Å²) in [6.45, 7) is 0. The fourth-order valence-electron chi connectivity index (χ4n) is 0.795. The molecule has 0 N–H and O–H groups in total. The minimum atomic E-state index is -0.559. The molecule has 0 atom stereocenters. The molecular weight excluding hydrogens is 236 g/mol. The Bertz CT molecular complexity index is 384. The van der Waals surface area contributed by atoms with Crippen molar-refractivity contribution in [3.63, 3.8) is 0 Å². The Morgan fingerprint density at radius 3 is 2.92 bits per heavy atom. The molecule has 1 heterocycles. The van der Waals surface area contributed by atoms with Crippen LogP contribution in [0.15, 0.2) is 16.7 Å². The van der Waals surface area contributed by atoms with Gasteiger partial charge in [-0.3, -0.25) is 0 Å². The molecule has 0 aliphatic rings. The largest absolute Gasteiger partial charge is 0.465 e. The van der Waals surface area contributed by atoms with Crippen LogP contribution < -0.4 is 0 Å². The zero-order valence-electron chi connectivity index (χ0n) is 6.74. The van der Waals surface area contributed by atoms with Crippen molar-refractivity contribution in [2.45, 2.75) is 0 Å². The second kappa shape index (κ2) is 4.01.